The number of thiazole rings is 1. The number of aromatic nitrogens is 1. The minimum absolute atomic E-state index is 0.0645. The molecule has 1 saturated carbocycles. The van der Waals surface area contributed by atoms with Gasteiger partial charge in [-0.2, -0.15) is 0 Å². The number of allylic oxidation sites excluding steroid dienone is 2. The first-order valence-corrected chi connectivity index (χ1v) is 16.7. The van der Waals surface area contributed by atoms with Crippen LogP contribution < -0.4 is 10.1 Å². The molecule has 4 rings (SSSR count). The Balaban J connectivity index is 1.47. The third-order valence-corrected chi connectivity index (χ3v) is 9.08. The number of hydrogen-bond acceptors (Lipinski definition) is 6. The molecule has 1 aliphatic rings. The van der Waals surface area contributed by atoms with Crippen LogP contribution in [0.1, 0.15) is 98.8 Å². The third-order valence-electron chi connectivity index (χ3n) is 8.10. The largest absolute Gasteiger partial charge is 0.489 e. The number of aryl methyl sites for hydroxylation is 2. The van der Waals surface area contributed by atoms with Crippen LogP contribution in [0.25, 0.3) is 6.08 Å². The molecular formula is C37H46N2O4S. The van der Waals surface area contributed by atoms with Crippen molar-refractivity contribution >= 4 is 29.3 Å². The SMILES string of the molecule is CCOC(=O)/C(C)=C\C(C)=C\c1csc([C@H](Cc2ccc(OCc3ccc(CC)c(C)c3)cc2)NC(=O)C2CCCCC2)n1. The smallest absolute Gasteiger partial charge is 0.333 e. The van der Waals surface area contributed by atoms with Gasteiger partial charge in [0.05, 0.1) is 18.3 Å². The van der Waals surface area contributed by atoms with Gasteiger partial charge in [-0.25, -0.2) is 9.78 Å². The molecule has 0 unspecified atom stereocenters. The highest BCUT2D eigenvalue weighted by atomic mass is 32.1. The molecule has 1 atom stereocenters. The van der Waals surface area contributed by atoms with Gasteiger partial charge in [0.2, 0.25) is 5.91 Å². The van der Waals surface area contributed by atoms with Crippen molar-refractivity contribution in [2.75, 3.05) is 6.61 Å². The minimum Gasteiger partial charge on any atom is -0.489 e. The third kappa shape index (κ3) is 9.65. The van der Waals surface area contributed by atoms with Gasteiger partial charge in [0, 0.05) is 16.9 Å². The van der Waals surface area contributed by atoms with Crippen LogP contribution in [0.15, 0.2) is 65.1 Å². The zero-order chi connectivity index (χ0) is 31.5. The van der Waals surface area contributed by atoms with Crippen molar-refractivity contribution in [3.05, 3.63) is 98.0 Å². The standard InChI is InChI=1S/C37H46N2O4S/c1-6-30-16-13-29(21-26(30)4)23-43-33-17-14-28(15-18-33)22-34(39-35(40)31-11-9-8-10-12-31)36-38-32(24-44-36)20-25(3)19-27(5)37(41)42-7-2/h13-21,24,31,34H,6-12,22-23H2,1-5H3,(H,39,40)/b25-20+,27-19-/t34-/m0/s1. The lowest BCUT2D eigenvalue weighted by Crippen LogP contribution is -2.35. The van der Waals surface area contributed by atoms with E-state index in [-0.39, 0.29) is 23.8 Å². The molecule has 44 heavy (non-hydrogen) atoms. The molecule has 6 nitrogen and oxygen atoms in total. The Morgan fingerprint density at radius 2 is 1.77 bits per heavy atom. The summed E-state index contributed by atoms with van der Waals surface area (Å²) in [5.74, 6) is 0.684. The number of hydrogen-bond donors (Lipinski definition) is 1. The number of rotatable bonds is 13. The minimum atomic E-state index is -0.318. The van der Waals surface area contributed by atoms with Crippen LogP contribution in [0.3, 0.4) is 0 Å². The van der Waals surface area contributed by atoms with Crippen molar-refractivity contribution < 1.29 is 19.1 Å². The molecule has 1 N–H and O–H groups in total. The number of esters is 1. The van der Waals surface area contributed by atoms with Crippen molar-refractivity contribution in [3.8, 4) is 5.75 Å². The quantitative estimate of drug-likeness (QED) is 0.119. The average Bonchev–Trinajstić information content (AvgIpc) is 3.49. The maximum atomic E-state index is 13.3. The van der Waals surface area contributed by atoms with Gasteiger partial charge in [0.25, 0.3) is 0 Å². The number of carbonyl (C=O) groups excluding carboxylic acids is 2. The Labute approximate surface area is 266 Å². The molecule has 234 valence electrons. The second-order valence-corrected chi connectivity index (χ2v) is 12.6. The number of benzene rings is 2. The van der Waals surface area contributed by atoms with Crippen molar-refractivity contribution in [1.29, 1.82) is 0 Å². The van der Waals surface area contributed by atoms with Gasteiger partial charge in [0.15, 0.2) is 0 Å². The number of carbonyl (C=O) groups is 2. The van der Waals surface area contributed by atoms with E-state index in [0.29, 0.717) is 25.2 Å². The number of nitrogens with zero attached hydrogens (tertiary/aromatic N) is 1. The topological polar surface area (TPSA) is 77.5 Å². The predicted octanol–water partition coefficient (Wildman–Crippen LogP) is 8.49. The molecule has 1 aromatic heterocycles. The average molecular weight is 615 g/mol. The summed E-state index contributed by atoms with van der Waals surface area (Å²) >= 11 is 1.55. The van der Waals surface area contributed by atoms with E-state index >= 15 is 0 Å². The highest BCUT2D eigenvalue weighted by molar-refractivity contribution is 7.09. The maximum Gasteiger partial charge on any atom is 0.333 e. The molecule has 1 amide bonds. The van der Waals surface area contributed by atoms with Gasteiger partial charge in [-0.15, -0.1) is 11.3 Å². The highest BCUT2D eigenvalue weighted by Gasteiger charge is 2.25. The summed E-state index contributed by atoms with van der Waals surface area (Å²) in [6, 6.07) is 14.4. The van der Waals surface area contributed by atoms with E-state index in [1.54, 1.807) is 25.2 Å². The molecule has 7 heteroatoms. The summed E-state index contributed by atoms with van der Waals surface area (Å²) < 4.78 is 11.2. The van der Waals surface area contributed by atoms with Gasteiger partial charge in [-0.1, -0.05) is 56.5 Å². The van der Waals surface area contributed by atoms with E-state index in [2.05, 4.69) is 49.5 Å². The Kier molecular flexibility index (Phi) is 12.4. The lowest BCUT2D eigenvalue weighted by Gasteiger charge is -2.24. The highest BCUT2D eigenvalue weighted by Crippen LogP contribution is 2.28. The lowest BCUT2D eigenvalue weighted by atomic mass is 9.88. The number of amides is 1. The second kappa shape index (κ2) is 16.4. The van der Waals surface area contributed by atoms with Crippen LogP contribution in [-0.2, 0) is 33.8 Å². The molecule has 0 spiro atoms. The van der Waals surface area contributed by atoms with Crippen molar-refractivity contribution in [1.82, 2.24) is 10.3 Å². The number of ether oxygens (including phenoxy) is 2. The Bertz CT molecular complexity index is 1460. The van der Waals surface area contributed by atoms with E-state index in [9.17, 15) is 9.59 Å². The first-order valence-electron chi connectivity index (χ1n) is 15.8. The van der Waals surface area contributed by atoms with Gasteiger partial charge in [-0.05, 0) is 105 Å². The molecule has 0 bridgehead atoms. The van der Waals surface area contributed by atoms with E-state index < -0.39 is 0 Å². The van der Waals surface area contributed by atoms with Crippen molar-refractivity contribution in [3.63, 3.8) is 0 Å². The Hall–Kier alpha value is -3.71. The van der Waals surface area contributed by atoms with E-state index in [0.717, 1.165) is 65.3 Å². The first kappa shape index (κ1) is 33.2. The van der Waals surface area contributed by atoms with Gasteiger partial charge in [0.1, 0.15) is 17.4 Å². The van der Waals surface area contributed by atoms with Gasteiger partial charge < -0.3 is 14.8 Å². The van der Waals surface area contributed by atoms with Crippen LogP contribution in [0, 0.1) is 12.8 Å². The summed E-state index contributed by atoms with van der Waals surface area (Å²) in [5.41, 5.74) is 7.17. The van der Waals surface area contributed by atoms with Crippen molar-refractivity contribution in [2.24, 2.45) is 5.92 Å². The maximum absolute atomic E-state index is 13.3. The first-order chi connectivity index (χ1) is 21.2. The van der Waals surface area contributed by atoms with E-state index in [1.165, 1.54) is 17.5 Å². The monoisotopic (exact) mass is 614 g/mol. The van der Waals surface area contributed by atoms with Crippen LogP contribution in [0.5, 0.6) is 5.75 Å². The number of nitrogens with one attached hydrogen (secondary N) is 1. The predicted molar refractivity (Wildman–Crippen MR) is 179 cm³/mol. The van der Waals surface area contributed by atoms with Crippen LogP contribution >= 0.6 is 11.3 Å². The second-order valence-electron chi connectivity index (χ2n) is 11.7. The Morgan fingerprint density at radius 3 is 2.45 bits per heavy atom. The summed E-state index contributed by atoms with van der Waals surface area (Å²) in [6.07, 6.45) is 10.7. The summed E-state index contributed by atoms with van der Waals surface area (Å²) in [5, 5.41) is 6.20. The fraction of sp³-hybridized carbons (Fsp3) is 0.432. The van der Waals surface area contributed by atoms with Gasteiger partial charge in [-0.3, -0.25) is 4.79 Å². The molecule has 1 heterocycles. The molecule has 1 aliphatic carbocycles. The molecule has 3 aromatic rings. The van der Waals surface area contributed by atoms with Gasteiger partial charge >= 0.3 is 5.97 Å². The fourth-order valence-electron chi connectivity index (χ4n) is 5.67. The fourth-order valence-corrected chi connectivity index (χ4v) is 6.50. The molecular weight excluding hydrogens is 568 g/mol. The van der Waals surface area contributed by atoms with Crippen LogP contribution in [-0.4, -0.2) is 23.5 Å². The lowest BCUT2D eigenvalue weighted by molar-refractivity contribution is -0.138. The van der Waals surface area contributed by atoms with Crippen LogP contribution in [0.2, 0.25) is 0 Å². The van der Waals surface area contributed by atoms with Crippen molar-refractivity contribution in [2.45, 2.75) is 92.2 Å². The molecule has 2 aromatic carbocycles. The Morgan fingerprint density at radius 1 is 1.05 bits per heavy atom. The van der Waals surface area contributed by atoms with E-state index in [4.69, 9.17) is 14.5 Å². The molecule has 0 saturated heterocycles. The molecule has 0 aliphatic heterocycles. The molecule has 1 fully saturated rings. The zero-order valence-corrected chi connectivity index (χ0v) is 27.6. The summed E-state index contributed by atoms with van der Waals surface area (Å²) in [4.78, 5) is 30.2. The summed E-state index contributed by atoms with van der Waals surface area (Å²) in [7, 11) is 0. The zero-order valence-electron chi connectivity index (χ0n) is 26.8. The summed E-state index contributed by atoms with van der Waals surface area (Å²) in [6.45, 7) is 10.7. The van der Waals surface area contributed by atoms with E-state index in [1.807, 2.05) is 36.6 Å². The van der Waals surface area contributed by atoms with Crippen LogP contribution in [0.4, 0.5) is 0 Å². The molecule has 0 radical (unpaired) electrons. The normalized spacial score (nSPS) is 15.1.